The first-order valence-corrected chi connectivity index (χ1v) is 6.99. The number of fused-ring (bicyclic) bond motifs is 1. The van der Waals surface area contributed by atoms with Gasteiger partial charge in [-0.15, -0.1) is 0 Å². The predicted molar refractivity (Wildman–Crippen MR) is 74.7 cm³/mol. The third-order valence-corrected chi connectivity index (χ3v) is 3.63. The monoisotopic (exact) mass is 338 g/mol. The SMILES string of the molecule is C[C@H](OCC(F)(F)F)C(=O)Nc1nc2cc(Cl)ccc2s1. The van der Waals surface area contributed by atoms with E-state index in [2.05, 4.69) is 15.0 Å². The van der Waals surface area contributed by atoms with E-state index in [1.165, 1.54) is 18.3 Å². The fourth-order valence-electron chi connectivity index (χ4n) is 1.46. The van der Waals surface area contributed by atoms with Crippen LogP contribution in [0.4, 0.5) is 18.3 Å². The van der Waals surface area contributed by atoms with Crippen molar-refractivity contribution < 1.29 is 22.7 Å². The fourth-order valence-corrected chi connectivity index (χ4v) is 2.47. The van der Waals surface area contributed by atoms with E-state index in [-0.39, 0.29) is 5.13 Å². The van der Waals surface area contributed by atoms with Crippen LogP contribution in [-0.4, -0.2) is 29.8 Å². The van der Waals surface area contributed by atoms with E-state index < -0.39 is 24.8 Å². The van der Waals surface area contributed by atoms with Gasteiger partial charge >= 0.3 is 6.18 Å². The molecule has 1 amide bonds. The number of carbonyl (C=O) groups excluding carboxylic acids is 1. The summed E-state index contributed by atoms with van der Waals surface area (Å²) < 4.78 is 41.3. The molecule has 0 bridgehead atoms. The smallest absolute Gasteiger partial charge is 0.359 e. The lowest BCUT2D eigenvalue weighted by atomic mass is 10.3. The van der Waals surface area contributed by atoms with Crippen molar-refractivity contribution in [3.8, 4) is 0 Å². The molecule has 0 unspecified atom stereocenters. The number of rotatable bonds is 4. The van der Waals surface area contributed by atoms with E-state index in [4.69, 9.17) is 11.6 Å². The second kappa shape index (κ2) is 6.17. The van der Waals surface area contributed by atoms with Gasteiger partial charge in [0.2, 0.25) is 0 Å². The molecule has 1 heterocycles. The van der Waals surface area contributed by atoms with Crippen LogP contribution in [0.15, 0.2) is 18.2 Å². The van der Waals surface area contributed by atoms with Gasteiger partial charge in [-0.05, 0) is 25.1 Å². The van der Waals surface area contributed by atoms with Crippen LogP contribution in [0.25, 0.3) is 10.2 Å². The molecule has 4 nitrogen and oxygen atoms in total. The molecule has 1 N–H and O–H groups in total. The Morgan fingerprint density at radius 2 is 2.24 bits per heavy atom. The maximum Gasteiger partial charge on any atom is 0.411 e. The summed E-state index contributed by atoms with van der Waals surface area (Å²) in [5.74, 6) is -0.690. The molecule has 114 valence electrons. The van der Waals surface area contributed by atoms with Gasteiger partial charge < -0.3 is 4.74 Å². The van der Waals surface area contributed by atoms with E-state index in [0.717, 1.165) is 4.70 Å². The first kappa shape index (κ1) is 16.0. The van der Waals surface area contributed by atoms with Gasteiger partial charge in [0.1, 0.15) is 12.7 Å². The summed E-state index contributed by atoms with van der Waals surface area (Å²) in [5, 5.41) is 3.20. The van der Waals surface area contributed by atoms with Crippen molar-refractivity contribution >= 4 is 44.2 Å². The highest BCUT2D eigenvalue weighted by atomic mass is 35.5. The minimum absolute atomic E-state index is 0.278. The number of anilines is 1. The molecule has 0 saturated carbocycles. The van der Waals surface area contributed by atoms with E-state index in [9.17, 15) is 18.0 Å². The number of carbonyl (C=O) groups is 1. The maximum atomic E-state index is 12.0. The Hall–Kier alpha value is -1.38. The molecule has 2 aromatic rings. The van der Waals surface area contributed by atoms with Crippen LogP contribution in [0.5, 0.6) is 0 Å². The molecule has 1 atom stereocenters. The lowest BCUT2D eigenvalue weighted by Crippen LogP contribution is -2.31. The molecule has 1 aromatic heterocycles. The molecule has 0 aliphatic heterocycles. The third kappa shape index (κ3) is 4.55. The molecule has 2 rings (SSSR count). The summed E-state index contributed by atoms with van der Waals surface area (Å²) in [6.07, 6.45) is -5.71. The Morgan fingerprint density at radius 1 is 1.52 bits per heavy atom. The molecule has 9 heteroatoms. The topological polar surface area (TPSA) is 51.2 Å². The summed E-state index contributed by atoms with van der Waals surface area (Å²) in [5.41, 5.74) is 0.603. The van der Waals surface area contributed by atoms with Gasteiger partial charge in [0.05, 0.1) is 10.2 Å². The normalized spacial score (nSPS) is 13.4. The number of hydrogen-bond donors (Lipinski definition) is 1. The summed E-state index contributed by atoms with van der Waals surface area (Å²) in [7, 11) is 0. The molecule has 0 aliphatic rings. The van der Waals surface area contributed by atoms with Gasteiger partial charge in [0.25, 0.3) is 5.91 Å². The molecule has 0 aliphatic carbocycles. The number of halogens is 4. The van der Waals surface area contributed by atoms with Gasteiger partial charge in [0.15, 0.2) is 5.13 Å². The predicted octanol–water partition coefficient (Wildman–Crippen LogP) is 3.86. The van der Waals surface area contributed by atoms with Crippen molar-refractivity contribution in [3.63, 3.8) is 0 Å². The quantitative estimate of drug-likeness (QED) is 0.921. The highest BCUT2D eigenvalue weighted by Crippen LogP contribution is 2.28. The number of ether oxygens (including phenoxy) is 1. The Balaban J connectivity index is 2.00. The summed E-state index contributed by atoms with van der Waals surface area (Å²) in [4.78, 5) is 15.8. The average Bonchev–Trinajstić information content (AvgIpc) is 2.76. The van der Waals surface area contributed by atoms with Crippen molar-refractivity contribution in [2.75, 3.05) is 11.9 Å². The zero-order valence-electron chi connectivity index (χ0n) is 10.7. The van der Waals surface area contributed by atoms with E-state index in [0.29, 0.717) is 10.5 Å². The number of aromatic nitrogens is 1. The van der Waals surface area contributed by atoms with Crippen LogP contribution in [0.3, 0.4) is 0 Å². The minimum atomic E-state index is -4.47. The summed E-state index contributed by atoms with van der Waals surface area (Å²) in [6, 6.07) is 5.06. The molecular weight excluding hydrogens is 329 g/mol. The lowest BCUT2D eigenvalue weighted by molar-refractivity contribution is -0.184. The molecule has 21 heavy (non-hydrogen) atoms. The summed E-state index contributed by atoms with van der Waals surface area (Å²) in [6.45, 7) is -0.234. The number of thiazole rings is 1. The number of nitrogens with zero attached hydrogens (tertiary/aromatic N) is 1. The molecule has 0 saturated heterocycles. The van der Waals surface area contributed by atoms with Crippen LogP contribution in [0, 0.1) is 0 Å². The number of nitrogens with one attached hydrogen (secondary N) is 1. The number of alkyl halides is 3. The van der Waals surface area contributed by atoms with E-state index in [1.807, 2.05) is 0 Å². The average molecular weight is 339 g/mol. The summed E-state index contributed by atoms with van der Waals surface area (Å²) >= 11 is 7.01. The minimum Gasteiger partial charge on any atom is -0.359 e. The Labute approximate surface area is 126 Å². The Morgan fingerprint density at radius 3 is 2.90 bits per heavy atom. The first-order chi connectivity index (χ1) is 9.74. The van der Waals surface area contributed by atoms with Gasteiger partial charge in [-0.25, -0.2) is 4.98 Å². The van der Waals surface area contributed by atoms with Crippen LogP contribution in [-0.2, 0) is 9.53 Å². The molecule has 0 radical (unpaired) electrons. The van der Waals surface area contributed by atoms with Crippen LogP contribution >= 0.6 is 22.9 Å². The van der Waals surface area contributed by atoms with Crippen LogP contribution in [0.2, 0.25) is 5.02 Å². The largest absolute Gasteiger partial charge is 0.411 e. The molecular formula is C12H10ClF3N2O2S. The number of benzene rings is 1. The van der Waals surface area contributed by atoms with Gasteiger partial charge in [0, 0.05) is 5.02 Å². The lowest BCUT2D eigenvalue weighted by Gasteiger charge is -2.13. The highest BCUT2D eigenvalue weighted by Gasteiger charge is 2.30. The van der Waals surface area contributed by atoms with Crippen LogP contribution < -0.4 is 5.32 Å². The Kier molecular flexibility index (Phi) is 4.70. The van der Waals surface area contributed by atoms with Gasteiger partial charge in [-0.3, -0.25) is 10.1 Å². The third-order valence-electron chi connectivity index (χ3n) is 2.45. The second-order valence-corrected chi connectivity index (χ2v) is 5.66. The maximum absolute atomic E-state index is 12.0. The van der Waals surface area contributed by atoms with E-state index >= 15 is 0 Å². The van der Waals surface area contributed by atoms with Gasteiger partial charge in [-0.1, -0.05) is 22.9 Å². The van der Waals surface area contributed by atoms with Crippen molar-refractivity contribution in [2.24, 2.45) is 0 Å². The zero-order chi connectivity index (χ0) is 15.6. The van der Waals surface area contributed by atoms with Crippen molar-refractivity contribution in [1.82, 2.24) is 4.98 Å². The van der Waals surface area contributed by atoms with E-state index in [1.54, 1.807) is 18.2 Å². The van der Waals surface area contributed by atoms with Crippen LogP contribution in [0.1, 0.15) is 6.92 Å². The Bertz CT molecular complexity index is 659. The molecule has 1 aromatic carbocycles. The first-order valence-electron chi connectivity index (χ1n) is 5.80. The zero-order valence-corrected chi connectivity index (χ0v) is 12.3. The standard InChI is InChI=1S/C12H10ClF3N2O2S/c1-6(20-5-12(14,15)16)10(19)18-11-17-8-4-7(13)2-3-9(8)21-11/h2-4,6H,5H2,1H3,(H,17,18,19)/t6-/m0/s1. The molecule has 0 spiro atoms. The second-order valence-electron chi connectivity index (χ2n) is 4.19. The fraction of sp³-hybridized carbons (Fsp3) is 0.333. The van der Waals surface area contributed by atoms with Gasteiger partial charge in [-0.2, -0.15) is 13.2 Å². The highest BCUT2D eigenvalue weighted by molar-refractivity contribution is 7.22. The van der Waals surface area contributed by atoms with Crippen molar-refractivity contribution in [2.45, 2.75) is 19.2 Å². The number of hydrogen-bond acceptors (Lipinski definition) is 4. The number of amides is 1. The van der Waals surface area contributed by atoms with Crippen molar-refractivity contribution in [1.29, 1.82) is 0 Å². The van der Waals surface area contributed by atoms with Crippen molar-refractivity contribution in [3.05, 3.63) is 23.2 Å². The molecule has 0 fully saturated rings.